The monoisotopic (exact) mass is 534 g/mol. The highest BCUT2D eigenvalue weighted by Crippen LogP contribution is 2.38. The molecule has 0 atom stereocenters. The van der Waals surface area contributed by atoms with E-state index in [0.717, 1.165) is 66.4 Å². The Bertz CT molecular complexity index is 1360. The molecule has 1 saturated heterocycles. The molecule has 4 nitrogen and oxygen atoms in total. The van der Waals surface area contributed by atoms with E-state index in [4.69, 9.17) is 17.0 Å². The van der Waals surface area contributed by atoms with Crippen LogP contribution in [0.15, 0.2) is 72.8 Å². The van der Waals surface area contributed by atoms with Crippen LogP contribution in [-0.4, -0.2) is 48.2 Å². The third-order valence-electron chi connectivity index (χ3n) is 6.73. The van der Waals surface area contributed by atoms with Crippen molar-refractivity contribution in [2.24, 2.45) is 0 Å². The van der Waals surface area contributed by atoms with E-state index in [0.29, 0.717) is 5.75 Å². The molecule has 1 fully saturated rings. The molecule has 1 aliphatic heterocycles. The Balaban J connectivity index is 1.26. The highest BCUT2D eigenvalue weighted by molar-refractivity contribution is 7.80. The van der Waals surface area contributed by atoms with Gasteiger partial charge < -0.3 is 9.84 Å². The van der Waals surface area contributed by atoms with Crippen molar-refractivity contribution in [1.29, 1.82) is 0 Å². The molecule has 36 heavy (non-hydrogen) atoms. The van der Waals surface area contributed by atoms with Crippen molar-refractivity contribution in [1.82, 2.24) is 9.80 Å². The van der Waals surface area contributed by atoms with Crippen molar-refractivity contribution in [3.05, 3.63) is 98.9 Å². The summed E-state index contributed by atoms with van der Waals surface area (Å²) in [6.07, 6.45) is 0.833. The van der Waals surface area contributed by atoms with E-state index in [9.17, 15) is 5.11 Å². The van der Waals surface area contributed by atoms with E-state index in [1.807, 2.05) is 30.3 Å². The standard InChI is InChI=1S/C29H30N2O2S3/c1-33-27-10-6-5-9-23(27)19-30-13-15-31(16-14-30)20-24-18-22(11-12-26(24)32)28-25(29(34)36-35-28)17-21-7-3-2-4-8-21/h2-12,18,32H,13-17,19-20H2,1H3. The summed E-state index contributed by atoms with van der Waals surface area (Å²) in [5.41, 5.74) is 5.82. The maximum absolute atomic E-state index is 10.7. The van der Waals surface area contributed by atoms with Gasteiger partial charge >= 0.3 is 0 Å². The molecule has 1 aromatic heterocycles. The number of rotatable bonds is 8. The third kappa shape index (κ3) is 5.88. The van der Waals surface area contributed by atoms with Gasteiger partial charge in [-0.3, -0.25) is 9.80 Å². The Kier molecular flexibility index (Phi) is 8.14. The summed E-state index contributed by atoms with van der Waals surface area (Å²) in [6.45, 7) is 5.56. The molecule has 7 heteroatoms. The lowest BCUT2D eigenvalue weighted by atomic mass is 10.0. The molecule has 2 heterocycles. The Labute approximate surface area is 225 Å². The normalized spacial score (nSPS) is 14.7. The fourth-order valence-electron chi connectivity index (χ4n) is 4.72. The Morgan fingerprint density at radius 2 is 1.50 bits per heavy atom. The Morgan fingerprint density at radius 1 is 0.833 bits per heavy atom. The molecule has 4 aromatic rings. The molecule has 5 rings (SSSR count). The molecule has 0 spiro atoms. The first-order valence-electron chi connectivity index (χ1n) is 12.2. The number of para-hydroxylation sites is 1. The summed E-state index contributed by atoms with van der Waals surface area (Å²) in [5.74, 6) is 1.31. The Hall–Kier alpha value is -2.55. The van der Waals surface area contributed by atoms with Crippen molar-refractivity contribution in [3.8, 4) is 21.9 Å². The minimum Gasteiger partial charge on any atom is -0.508 e. The number of methoxy groups -OCH3 is 1. The number of hydrogen-bond acceptors (Lipinski definition) is 7. The number of aromatic hydroxyl groups is 1. The number of phenols is 1. The van der Waals surface area contributed by atoms with E-state index in [1.165, 1.54) is 21.6 Å². The van der Waals surface area contributed by atoms with Gasteiger partial charge in [-0.25, -0.2) is 0 Å². The minimum atomic E-state index is 0.360. The van der Waals surface area contributed by atoms with Crippen LogP contribution in [0, 0.1) is 3.82 Å². The van der Waals surface area contributed by atoms with E-state index >= 15 is 0 Å². The third-order valence-corrected chi connectivity index (χ3v) is 9.92. The summed E-state index contributed by atoms with van der Waals surface area (Å²) < 4.78 is 6.48. The molecule has 0 unspecified atom stereocenters. The van der Waals surface area contributed by atoms with Gasteiger partial charge in [0.2, 0.25) is 0 Å². The second-order valence-corrected chi connectivity index (χ2v) is 11.9. The van der Waals surface area contributed by atoms with Gasteiger partial charge in [0.25, 0.3) is 0 Å². The number of benzene rings is 3. The van der Waals surface area contributed by atoms with Crippen molar-refractivity contribution < 1.29 is 9.84 Å². The van der Waals surface area contributed by atoms with E-state index in [1.54, 1.807) is 27.8 Å². The molecule has 0 saturated carbocycles. The van der Waals surface area contributed by atoms with Crippen LogP contribution in [0.1, 0.15) is 22.3 Å². The first kappa shape index (κ1) is 25.1. The van der Waals surface area contributed by atoms with Gasteiger partial charge in [-0.05, 0) is 35.4 Å². The number of nitrogens with zero attached hydrogens (tertiary/aromatic N) is 2. The van der Waals surface area contributed by atoms with Crippen LogP contribution >= 0.6 is 32.9 Å². The average Bonchev–Trinajstić information content (AvgIpc) is 3.27. The van der Waals surface area contributed by atoms with Crippen LogP contribution in [0.3, 0.4) is 0 Å². The van der Waals surface area contributed by atoms with Crippen molar-refractivity contribution in [2.45, 2.75) is 19.5 Å². The smallest absolute Gasteiger partial charge is 0.123 e. The van der Waals surface area contributed by atoms with Gasteiger partial charge in [0.05, 0.1) is 12.0 Å². The molecular weight excluding hydrogens is 505 g/mol. The molecule has 0 aliphatic carbocycles. The van der Waals surface area contributed by atoms with Crippen LogP contribution < -0.4 is 4.74 Å². The van der Waals surface area contributed by atoms with Crippen molar-refractivity contribution >= 4 is 32.9 Å². The minimum absolute atomic E-state index is 0.360. The average molecular weight is 535 g/mol. The molecule has 1 aliphatic rings. The maximum Gasteiger partial charge on any atom is 0.123 e. The van der Waals surface area contributed by atoms with Gasteiger partial charge in [0.15, 0.2) is 0 Å². The van der Waals surface area contributed by atoms with E-state index in [-0.39, 0.29) is 0 Å². The number of piperazine rings is 1. The molecule has 1 N–H and O–H groups in total. The number of hydrogen-bond donors (Lipinski definition) is 1. The van der Waals surface area contributed by atoms with E-state index < -0.39 is 0 Å². The first-order valence-corrected chi connectivity index (χ1v) is 14.7. The second-order valence-electron chi connectivity index (χ2n) is 9.13. The van der Waals surface area contributed by atoms with Gasteiger partial charge in [-0.15, -0.1) is 0 Å². The van der Waals surface area contributed by atoms with Crippen LogP contribution in [0.2, 0.25) is 0 Å². The van der Waals surface area contributed by atoms with Crippen LogP contribution in [0.5, 0.6) is 11.5 Å². The zero-order valence-corrected chi connectivity index (χ0v) is 22.8. The number of ether oxygens (including phenoxy) is 1. The highest BCUT2D eigenvalue weighted by atomic mass is 32.9. The summed E-state index contributed by atoms with van der Waals surface area (Å²) >= 11 is 5.69. The quantitative estimate of drug-likeness (QED) is 0.198. The van der Waals surface area contributed by atoms with E-state index in [2.05, 4.69) is 52.3 Å². The molecular formula is C29H30N2O2S3. The van der Waals surface area contributed by atoms with Gasteiger partial charge in [-0.1, -0.05) is 81.4 Å². The summed E-state index contributed by atoms with van der Waals surface area (Å²) in [6, 6.07) is 24.7. The predicted molar refractivity (Wildman–Crippen MR) is 153 cm³/mol. The largest absolute Gasteiger partial charge is 0.508 e. The van der Waals surface area contributed by atoms with Gasteiger partial charge in [0, 0.05) is 62.4 Å². The SMILES string of the molecule is COc1ccccc1CN1CCN(Cc2cc(-c3ssc(=S)c3Cc3ccccc3)ccc2O)CC1. The number of phenolic OH excluding ortho intramolecular Hbond substituents is 1. The fraction of sp³-hybridized carbons (Fsp3) is 0.276. The fourth-order valence-corrected chi connectivity index (χ4v) is 7.63. The van der Waals surface area contributed by atoms with Crippen molar-refractivity contribution in [3.63, 3.8) is 0 Å². The molecule has 186 valence electrons. The van der Waals surface area contributed by atoms with Gasteiger partial charge in [0.1, 0.15) is 15.3 Å². The van der Waals surface area contributed by atoms with Crippen LogP contribution in [-0.2, 0) is 19.5 Å². The first-order chi connectivity index (χ1) is 17.6. The predicted octanol–water partition coefficient (Wildman–Crippen LogP) is 6.83. The Morgan fingerprint density at radius 3 is 2.22 bits per heavy atom. The summed E-state index contributed by atoms with van der Waals surface area (Å²) in [5, 5.41) is 10.7. The zero-order valence-electron chi connectivity index (χ0n) is 20.4. The zero-order chi connectivity index (χ0) is 24.9. The lowest BCUT2D eigenvalue weighted by Crippen LogP contribution is -2.45. The second kappa shape index (κ2) is 11.7. The summed E-state index contributed by atoms with van der Waals surface area (Å²) in [7, 11) is 5.13. The van der Waals surface area contributed by atoms with Gasteiger partial charge in [-0.2, -0.15) is 0 Å². The van der Waals surface area contributed by atoms with Crippen LogP contribution in [0.25, 0.3) is 10.4 Å². The lowest BCUT2D eigenvalue weighted by Gasteiger charge is -2.35. The molecule has 3 aromatic carbocycles. The highest BCUT2D eigenvalue weighted by Gasteiger charge is 2.20. The summed E-state index contributed by atoms with van der Waals surface area (Å²) in [4.78, 5) is 6.12. The molecule has 0 radical (unpaired) electrons. The molecule has 0 bridgehead atoms. The lowest BCUT2D eigenvalue weighted by molar-refractivity contribution is 0.120. The topological polar surface area (TPSA) is 35.9 Å². The van der Waals surface area contributed by atoms with Crippen molar-refractivity contribution in [2.75, 3.05) is 33.3 Å². The van der Waals surface area contributed by atoms with Crippen LogP contribution in [0.4, 0.5) is 0 Å². The molecule has 0 amide bonds. The maximum atomic E-state index is 10.7.